The number of benzene rings is 2. The number of aliphatic hydroxyl groups excluding tert-OH is 1. The molecule has 4 rings (SSSR count). The number of aliphatic hydroxyl groups is 1. The highest BCUT2D eigenvalue weighted by atomic mass is 127. The van der Waals surface area contributed by atoms with Gasteiger partial charge in [-0.05, 0) is 101 Å². The number of carbonyl (C=O) groups excluding carboxylic acids is 3. The van der Waals surface area contributed by atoms with Gasteiger partial charge in [-0.3, -0.25) is 0 Å². The molecular formula is C30H42INO9. The molecule has 0 spiro atoms. The molecule has 11 heteroatoms. The molecule has 0 bridgehead atoms. The Balaban J connectivity index is 0.000000310. The monoisotopic (exact) mass is 687 g/mol. The number of hydrogen-bond donors (Lipinski definition) is 3. The van der Waals surface area contributed by atoms with Crippen LogP contribution in [0.3, 0.4) is 0 Å². The van der Waals surface area contributed by atoms with Gasteiger partial charge in [-0.15, -0.1) is 24.0 Å². The molecule has 0 saturated heterocycles. The zero-order chi connectivity index (χ0) is 29.9. The standard InChI is InChI=1S/C13H16O3.C9H17NO3.C8H8O3.HI/c1-9-7-12(8-9)16-11-5-3-10(4-6-11)13(14)15-2;1-9(2,3)13-8(12)10-6-4-7(11)5-6;1-11-8(10)6-2-4-7(9)5-3-6;/h3-6,9,12H,7-8H2,1-2H3;6-7,11H,4-5H2,1-3H3,(H,10,12);2-5,9H,1H3;1H. The Bertz CT molecular complexity index is 1090. The summed E-state index contributed by atoms with van der Waals surface area (Å²) in [5.41, 5.74) is 0.536. The van der Waals surface area contributed by atoms with Crippen LogP contribution in [0.25, 0.3) is 0 Å². The Morgan fingerprint density at radius 1 is 0.829 bits per heavy atom. The van der Waals surface area contributed by atoms with Crippen molar-refractivity contribution in [1.29, 1.82) is 0 Å². The van der Waals surface area contributed by atoms with Crippen molar-refractivity contribution in [3.63, 3.8) is 0 Å². The zero-order valence-corrected chi connectivity index (χ0v) is 26.7. The topological polar surface area (TPSA) is 141 Å². The SMILES string of the molecule is CC(C)(C)OC(=O)NC1CC(O)C1.COC(=O)c1ccc(O)cc1.COC(=O)c1ccc(OC2CC(C)C2)cc1.I. The smallest absolute Gasteiger partial charge is 0.407 e. The lowest BCUT2D eigenvalue weighted by atomic mass is 9.84. The Hall–Kier alpha value is -3.06. The van der Waals surface area contributed by atoms with Crippen LogP contribution in [0.4, 0.5) is 4.79 Å². The van der Waals surface area contributed by atoms with Crippen LogP contribution in [0.15, 0.2) is 48.5 Å². The lowest BCUT2D eigenvalue weighted by molar-refractivity contribution is 0.0303. The Morgan fingerprint density at radius 3 is 1.68 bits per heavy atom. The number of rotatable bonds is 5. The average molecular weight is 688 g/mol. The molecule has 0 aromatic heterocycles. The Labute approximate surface area is 258 Å². The fraction of sp³-hybridized carbons (Fsp3) is 0.500. The summed E-state index contributed by atoms with van der Waals surface area (Å²) in [5, 5.41) is 20.5. The third kappa shape index (κ3) is 13.4. The van der Waals surface area contributed by atoms with Gasteiger partial charge >= 0.3 is 18.0 Å². The predicted octanol–water partition coefficient (Wildman–Crippen LogP) is 5.48. The molecule has 2 aliphatic rings. The number of alkyl carbamates (subject to hydrolysis) is 1. The highest BCUT2D eigenvalue weighted by Crippen LogP contribution is 2.30. The second-order valence-electron chi connectivity index (χ2n) is 10.8. The van der Waals surface area contributed by atoms with Crippen LogP contribution in [-0.2, 0) is 14.2 Å². The molecule has 0 aliphatic heterocycles. The largest absolute Gasteiger partial charge is 0.508 e. The van der Waals surface area contributed by atoms with Crippen LogP contribution >= 0.6 is 24.0 Å². The van der Waals surface area contributed by atoms with E-state index in [-0.39, 0.29) is 47.8 Å². The van der Waals surface area contributed by atoms with Gasteiger partial charge in [-0.25, -0.2) is 14.4 Å². The van der Waals surface area contributed by atoms with E-state index in [0.29, 0.717) is 30.1 Å². The molecule has 41 heavy (non-hydrogen) atoms. The van der Waals surface area contributed by atoms with E-state index >= 15 is 0 Å². The van der Waals surface area contributed by atoms with E-state index in [9.17, 15) is 14.4 Å². The molecule has 1 amide bonds. The molecular weight excluding hydrogens is 645 g/mol. The molecule has 2 fully saturated rings. The number of halogens is 1. The minimum Gasteiger partial charge on any atom is -0.508 e. The molecule has 2 saturated carbocycles. The minimum absolute atomic E-state index is 0. The van der Waals surface area contributed by atoms with Crippen LogP contribution in [0.5, 0.6) is 11.5 Å². The highest BCUT2D eigenvalue weighted by molar-refractivity contribution is 14.0. The number of phenolic OH excluding ortho intramolecular Hbond substituents is 1. The summed E-state index contributed by atoms with van der Waals surface area (Å²) in [7, 11) is 2.69. The first kappa shape index (κ1) is 36.0. The third-order valence-corrected chi connectivity index (χ3v) is 6.03. The van der Waals surface area contributed by atoms with Gasteiger partial charge in [0.05, 0.1) is 37.6 Å². The van der Waals surface area contributed by atoms with Crippen molar-refractivity contribution in [3.05, 3.63) is 59.7 Å². The number of carbonyl (C=O) groups is 3. The molecule has 2 aliphatic carbocycles. The van der Waals surface area contributed by atoms with Crippen LogP contribution in [0.1, 0.15) is 74.1 Å². The van der Waals surface area contributed by atoms with Crippen LogP contribution in [-0.4, -0.2) is 66.3 Å². The number of hydrogen-bond acceptors (Lipinski definition) is 9. The van der Waals surface area contributed by atoms with Gasteiger partial charge < -0.3 is 34.5 Å². The minimum atomic E-state index is -0.452. The van der Waals surface area contributed by atoms with E-state index in [0.717, 1.165) is 24.5 Å². The van der Waals surface area contributed by atoms with Gasteiger partial charge in [0.15, 0.2) is 0 Å². The lowest BCUT2D eigenvalue weighted by Crippen LogP contribution is -2.48. The number of ether oxygens (including phenoxy) is 4. The number of phenols is 1. The van der Waals surface area contributed by atoms with Gasteiger partial charge in [-0.1, -0.05) is 6.92 Å². The first-order valence-corrected chi connectivity index (χ1v) is 13.2. The van der Waals surface area contributed by atoms with E-state index < -0.39 is 17.7 Å². The lowest BCUT2D eigenvalue weighted by Gasteiger charge is -2.32. The molecule has 2 aromatic rings. The van der Waals surface area contributed by atoms with E-state index in [2.05, 4.69) is 21.7 Å². The van der Waals surface area contributed by atoms with Gasteiger partial charge in [0.1, 0.15) is 17.1 Å². The molecule has 3 N–H and O–H groups in total. The average Bonchev–Trinajstić information content (AvgIpc) is 2.86. The molecule has 0 unspecified atom stereocenters. The first-order valence-electron chi connectivity index (χ1n) is 13.2. The summed E-state index contributed by atoms with van der Waals surface area (Å²) in [6, 6.07) is 13.0. The summed E-state index contributed by atoms with van der Waals surface area (Å²) < 4.78 is 19.9. The maximum atomic E-state index is 11.2. The van der Waals surface area contributed by atoms with Crippen LogP contribution in [0, 0.1) is 5.92 Å². The van der Waals surface area contributed by atoms with E-state index in [1.54, 1.807) is 12.1 Å². The summed E-state index contributed by atoms with van der Waals surface area (Å²) in [4.78, 5) is 33.2. The molecule has 2 aromatic carbocycles. The Morgan fingerprint density at radius 2 is 1.29 bits per heavy atom. The predicted molar refractivity (Wildman–Crippen MR) is 164 cm³/mol. The fourth-order valence-electron chi connectivity index (χ4n) is 3.80. The summed E-state index contributed by atoms with van der Waals surface area (Å²) >= 11 is 0. The Kier molecular flexibility index (Phi) is 14.9. The third-order valence-electron chi connectivity index (χ3n) is 6.03. The van der Waals surface area contributed by atoms with Crippen LogP contribution < -0.4 is 10.1 Å². The molecule has 0 heterocycles. The second kappa shape index (κ2) is 17.0. The van der Waals surface area contributed by atoms with E-state index in [4.69, 9.17) is 19.7 Å². The van der Waals surface area contributed by atoms with Crippen molar-refractivity contribution < 1.29 is 43.5 Å². The quantitative estimate of drug-likeness (QED) is 0.212. The maximum Gasteiger partial charge on any atom is 0.407 e. The molecule has 0 atom stereocenters. The molecule has 0 radical (unpaired) electrons. The van der Waals surface area contributed by atoms with Crippen molar-refractivity contribution in [2.75, 3.05) is 14.2 Å². The van der Waals surface area contributed by atoms with Crippen molar-refractivity contribution in [1.82, 2.24) is 5.32 Å². The normalized spacial score (nSPS) is 20.4. The fourth-order valence-corrected chi connectivity index (χ4v) is 3.80. The van der Waals surface area contributed by atoms with Gasteiger partial charge in [0.2, 0.25) is 0 Å². The van der Waals surface area contributed by atoms with Crippen molar-refractivity contribution in [3.8, 4) is 11.5 Å². The highest BCUT2D eigenvalue weighted by Gasteiger charge is 2.30. The van der Waals surface area contributed by atoms with E-state index in [1.807, 2.05) is 32.9 Å². The molecule has 10 nitrogen and oxygen atoms in total. The number of esters is 2. The van der Waals surface area contributed by atoms with Gasteiger partial charge in [0.25, 0.3) is 0 Å². The van der Waals surface area contributed by atoms with Crippen LogP contribution in [0.2, 0.25) is 0 Å². The summed E-state index contributed by atoms with van der Waals surface area (Å²) in [6.45, 7) is 7.69. The number of nitrogens with one attached hydrogen (secondary N) is 1. The van der Waals surface area contributed by atoms with Gasteiger partial charge in [0, 0.05) is 6.04 Å². The zero-order valence-electron chi connectivity index (χ0n) is 24.4. The maximum absolute atomic E-state index is 11.2. The second-order valence-corrected chi connectivity index (χ2v) is 10.8. The van der Waals surface area contributed by atoms with Gasteiger partial charge in [-0.2, -0.15) is 0 Å². The number of aromatic hydroxyl groups is 1. The van der Waals surface area contributed by atoms with Crippen molar-refractivity contribution in [2.45, 2.75) is 77.2 Å². The summed E-state index contributed by atoms with van der Waals surface area (Å²) in [5.74, 6) is 1.02. The first-order chi connectivity index (χ1) is 18.8. The summed E-state index contributed by atoms with van der Waals surface area (Å²) in [6.07, 6.45) is 3.22. The van der Waals surface area contributed by atoms with Crippen molar-refractivity contribution in [2.24, 2.45) is 5.92 Å². The number of amides is 1. The number of methoxy groups -OCH3 is 2. The molecule has 228 valence electrons. The van der Waals surface area contributed by atoms with Crippen molar-refractivity contribution >= 4 is 42.0 Å². The van der Waals surface area contributed by atoms with E-state index in [1.165, 1.54) is 38.5 Å².